The summed E-state index contributed by atoms with van der Waals surface area (Å²) in [7, 11) is 0. The quantitative estimate of drug-likeness (QED) is 0.416. The van der Waals surface area contributed by atoms with Gasteiger partial charge in [-0.25, -0.2) is 0 Å². The van der Waals surface area contributed by atoms with E-state index in [0.29, 0.717) is 5.56 Å². The lowest BCUT2D eigenvalue weighted by Gasteiger charge is -2.04. The standard InChI is InChI=1S/C17H14N2OS/c1-13-16(14-8-4-2-5-9-14)12-19(21-13)18-17(20)15-10-6-3-7-11-15/h2-12H,1H3. The molecule has 0 radical (unpaired) electrons. The summed E-state index contributed by atoms with van der Waals surface area (Å²) in [5, 5.41) is 16.2. The van der Waals surface area contributed by atoms with Gasteiger partial charge in [-0.15, -0.1) is 0 Å². The molecule has 0 saturated heterocycles. The minimum Gasteiger partial charge on any atom is -0.854 e. The highest BCUT2D eigenvalue weighted by Crippen LogP contribution is 2.24. The molecule has 21 heavy (non-hydrogen) atoms. The van der Waals surface area contributed by atoms with Crippen LogP contribution in [0.5, 0.6) is 0 Å². The van der Waals surface area contributed by atoms with Gasteiger partial charge in [-0.2, -0.15) is 0 Å². The molecule has 0 spiro atoms. The van der Waals surface area contributed by atoms with Crippen LogP contribution in [0.1, 0.15) is 10.4 Å². The van der Waals surface area contributed by atoms with E-state index in [4.69, 9.17) is 0 Å². The van der Waals surface area contributed by atoms with E-state index in [1.807, 2.05) is 49.5 Å². The van der Waals surface area contributed by atoms with Crippen LogP contribution in [0, 0.1) is 6.92 Å². The minimum absolute atomic E-state index is 0.235. The Balaban J connectivity index is 1.95. The number of rotatable bonds is 3. The van der Waals surface area contributed by atoms with Gasteiger partial charge < -0.3 is 5.11 Å². The van der Waals surface area contributed by atoms with Crippen LogP contribution in [0.15, 0.2) is 72.0 Å². The van der Waals surface area contributed by atoms with Gasteiger partial charge >= 0.3 is 0 Å². The Kier molecular flexibility index (Phi) is 3.79. The highest BCUT2D eigenvalue weighted by molar-refractivity contribution is 7.02. The molecule has 0 aliphatic rings. The number of hydrogen-bond donors (Lipinski definition) is 0. The highest BCUT2D eigenvalue weighted by Gasteiger charge is 2.14. The van der Waals surface area contributed by atoms with Crippen LogP contribution >= 0.6 is 11.5 Å². The van der Waals surface area contributed by atoms with E-state index in [2.05, 4.69) is 17.2 Å². The summed E-state index contributed by atoms with van der Waals surface area (Å²) in [6.45, 7) is 2.03. The van der Waals surface area contributed by atoms with E-state index < -0.39 is 0 Å². The first-order valence-corrected chi connectivity index (χ1v) is 7.41. The molecule has 0 fully saturated rings. The average molecular weight is 294 g/mol. The summed E-state index contributed by atoms with van der Waals surface area (Å²) in [6.07, 6.45) is 1.90. The van der Waals surface area contributed by atoms with E-state index in [-0.39, 0.29) is 5.90 Å². The number of aryl methyl sites for hydroxylation is 1. The fourth-order valence-electron chi connectivity index (χ4n) is 2.09. The number of aromatic nitrogens is 1. The van der Waals surface area contributed by atoms with Gasteiger partial charge in [0.25, 0.3) is 0 Å². The third kappa shape index (κ3) is 3.01. The fourth-order valence-corrected chi connectivity index (χ4v) is 2.91. The Bertz CT molecular complexity index is 764. The van der Waals surface area contributed by atoms with Crippen LogP contribution in [0.3, 0.4) is 0 Å². The molecule has 0 bridgehead atoms. The Morgan fingerprint density at radius 1 is 1.00 bits per heavy atom. The zero-order valence-electron chi connectivity index (χ0n) is 11.6. The average Bonchev–Trinajstić information content (AvgIpc) is 2.89. The summed E-state index contributed by atoms with van der Waals surface area (Å²) >= 11 is 1.46. The Morgan fingerprint density at radius 3 is 2.29 bits per heavy atom. The Labute approximate surface area is 127 Å². The van der Waals surface area contributed by atoms with E-state index in [0.717, 1.165) is 16.0 Å². The molecule has 3 rings (SSSR count). The van der Waals surface area contributed by atoms with Gasteiger partial charge in [0.2, 0.25) is 6.20 Å². The van der Waals surface area contributed by atoms with Crippen LogP contribution in [0.2, 0.25) is 0 Å². The molecule has 0 N–H and O–H groups in total. The van der Waals surface area contributed by atoms with Gasteiger partial charge in [-0.1, -0.05) is 60.7 Å². The fraction of sp³-hybridized carbons (Fsp3) is 0.0588. The second kappa shape index (κ2) is 5.89. The number of hydrogen-bond acceptors (Lipinski definition) is 3. The predicted octanol–water partition coefficient (Wildman–Crippen LogP) is 2.58. The molecule has 4 heteroatoms. The first-order chi connectivity index (χ1) is 10.2. The zero-order chi connectivity index (χ0) is 14.7. The molecule has 1 heterocycles. The van der Waals surface area contributed by atoms with Crippen LogP contribution in [0.4, 0.5) is 0 Å². The molecule has 3 aromatic rings. The van der Waals surface area contributed by atoms with Crippen LogP contribution in [0.25, 0.3) is 11.1 Å². The van der Waals surface area contributed by atoms with Crippen molar-refractivity contribution in [1.82, 2.24) is 0 Å². The molecular weight excluding hydrogens is 280 g/mol. The lowest BCUT2D eigenvalue weighted by molar-refractivity contribution is -0.611. The van der Waals surface area contributed by atoms with E-state index >= 15 is 0 Å². The second-order valence-electron chi connectivity index (χ2n) is 4.63. The van der Waals surface area contributed by atoms with Crippen LogP contribution in [-0.2, 0) is 0 Å². The first kappa shape index (κ1) is 13.5. The van der Waals surface area contributed by atoms with E-state index in [1.54, 1.807) is 16.2 Å². The molecule has 0 aliphatic heterocycles. The molecule has 2 aromatic carbocycles. The van der Waals surface area contributed by atoms with Crippen molar-refractivity contribution < 1.29 is 9.17 Å². The van der Waals surface area contributed by atoms with Crippen molar-refractivity contribution in [2.45, 2.75) is 6.92 Å². The SMILES string of the molecule is Cc1s[n+](/N=C(\[O-])c2ccccc2)cc1-c1ccccc1. The highest BCUT2D eigenvalue weighted by atomic mass is 32.1. The smallest absolute Gasteiger partial charge is 0.227 e. The molecule has 0 saturated carbocycles. The summed E-state index contributed by atoms with van der Waals surface area (Å²) in [5.74, 6) is -0.235. The van der Waals surface area contributed by atoms with Gasteiger partial charge in [-0.3, -0.25) is 0 Å². The van der Waals surface area contributed by atoms with Crippen molar-refractivity contribution in [1.29, 1.82) is 0 Å². The molecule has 0 aliphatic carbocycles. The molecule has 104 valence electrons. The summed E-state index contributed by atoms with van der Waals surface area (Å²) in [4.78, 5) is 1.13. The maximum Gasteiger partial charge on any atom is 0.227 e. The van der Waals surface area contributed by atoms with Gasteiger partial charge in [0, 0.05) is 9.17 Å². The third-order valence-electron chi connectivity index (χ3n) is 3.14. The van der Waals surface area contributed by atoms with Gasteiger partial charge in [0.1, 0.15) is 0 Å². The second-order valence-corrected chi connectivity index (χ2v) is 5.80. The summed E-state index contributed by atoms with van der Waals surface area (Å²) in [5.41, 5.74) is 2.83. The molecule has 0 unspecified atom stereocenters. The first-order valence-electron chi connectivity index (χ1n) is 6.63. The third-order valence-corrected chi connectivity index (χ3v) is 4.01. The lowest BCUT2D eigenvalue weighted by atomic mass is 10.1. The topological polar surface area (TPSA) is 39.3 Å². The van der Waals surface area contributed by atoms with Crippen LogP contribution < -0.4 is 9.17 Å². The van der Waals surface area contributed by atoms with Crippen molar-refractivity contribution in [2.24, 2.45) is 5.10 Å². The summed E-state index contributed by atoms with van der Waals surface area (Å²) in [6, 6.07) is 19.2. The number of nitrogens with zero attached hydrogens (tertiary/aromatic N) is 2. The largest absolute Gasteiger partial charge is 0.854 e. The molecule has 0 amide bonds. The van der Waals surface area contributed by atoms with Crippen molar-refractivity contribution >= 4 is 17.4 Å². The summed E-state index contributed by atoms with van der Waals surface area (Å²) < 4.78 is 1.63. The molecular formula is C17H14N2OS. The maximum atomic E-state index is 12.1. The lowest BCUT2D eigenvalue weighted by Crippen LogP contribution is -2.30. The Morgan fingerprint density at radius 2 is 1.62 bits per heavy atom. The maximum absolute atomic E-state index is 12.1. The van der Waals surface area contributed by atoms with E-state index in [1.165, 1.54) is 11.5 Å². The molecule has 1 aromatic heterocycles. The number of benzene rings is 2. The zero-order valence-corrected chi connectivity index (χ0v) is 12.4. The van der Waals surface area contributed by atoms with Gasteiger partial charge in [0.05, 0.1) is 16.3 Å². The van der Waals surface area contributed by atoms with Crippen molar-refractivity contribution in [3.63, 3.8) is 0 Å². The predicted molar refractivity (Wildman–Crippen MR) is 83.1 cm³/mol. The molecule has 0 atom stereocenters. The Hall–Kier alpha value is -2.46. The van der Waals surface area contributed by atoms with Gasteiger partial charge in [-0.05, 0) is 18.1 Å². The minimum atomic E-state index is -0.235. The normalized spacial score (nSPS) is 11.6. The van der Waals surface area contributed by atoms with Crippen molar-refractivity contribution in [3.05, 3.63) is 77.3 Å². The van der Waals surface area contributed by atoms with Crippen molar-refractivity contribution in [2.75, 3.05) is 0 Å². The van der Waals surface area contributed by atoms with Crippen molar-refractivity contribution in [3.8, 4) is 11.1 Å². The monoisotopic (exact) mass is 294 g/mol. The van der Waals surface area contributed by atoms with E-state index in [9.17, 15) is 5.11 Å². The molecule has 3 nitrogen and oxygen atoms in total. The van der Waals surface area contributed by atoms with Gasteiger partial charge in [0.15, 0.2) is 11.5 Å². The van der Waals surface area contributed by atoms with Crippen LogP contribution in [-0.4, -0.2) is 5.90 Å².